The summed E-state index contributed by atoms with van der Waals surface area (Å²) in [4.78, 5) is 0. The monoisotopic (exact) mass is 584 g/mol. The van der Waals surface area contributed by atoms with Gasteiger partial charge in [-0.1, -0.05) is 115 Å². The van der Waals surface area contributed by atoms with E-state index >= 15 is 0 Å². The molecule has 0 N–H and O–H groups in total. The lowest BCUT2D eigenvalue weighted by Crippen LogP contribution is -1.96. The maximum Gasteiger partial charge on any atom is 0.0562 e. The van der Waals surface area contributed by atoms with Gasteiger partial charge in [0.25, 0.3) is 0 Å². The van der Waals surface area contributed by atoms with Gasteiger partial charge < -0.3 is 9.13 Å². The minimum Gasteiger partial charge on any atom is -0.309 e. The van der Waals surface area contributed by atoms with Gasteiger partial charge >= 0.3 is 0 Å². The van der Waals surface area contributed by atoms with Crippen molar-refractivity contribution < 1.29 is 0 Å². The van der Waals surface area contributed by atoms with Gasteiger partial charge in [0.15, 0.2) is 0 Å². The molecule has 2 heterocycles. The fourth-order valence-electron chi connectivity index (χ4n) is 7.50. The molecule has 0 fully saturated rings. The maximum absolute atomic E-state index is 2.44. The molecule has 10 aromatic rings. The third kappa shape index (κ3) is 3.71. The summed E-state index contributed by atoms with van der Waals surface area (Å²) in [5.74, 6) is 0. The summed E-state index contributed by atoms with van der Waals surface area (Å²) in [6, 6.07) is 62.1. The van der Waals surface area contributed by atoms with Gasteiger partial charge in [-0.15, -0.1) is 0 Å². The largest absolute Gasteiger partial charge is 0.309 e. The van der Waals surface area contributed by atoms with Gasteiger partial charge in [0.05, 0.1) is 22.1 Å². The summed E-state index contributed by atoms with van der Waals surface area (Å²) in [6.45, 7) is 0. The topological polar surface area (TPSA) is 9.86 Å². The van der Waals surface area contributed by atoms with Crippen LogP contribution in [0.1, 0.15) is 0 Å². The number of rotatable bonds is 3. The Balaban J connectivity index is 1.26. The molecular weight excluding hydrogens is 556 g/mol. The molecule has 0 saturated carbocycles. The van der Waals surface area contributed by atoms with E-state index < -0.39 is 0 Å². The lowest BCUT2D eigenvalue weighted by atomic mass is 10.0. The van der Waals surface area contributed by atoms with Crippen LogP contribution in [0.4, 0.5) is 0 Å². The van der Waals surface area contributed by atoms with Gasteiger partial charge in [-0.2, -0.15) is 0 Å². The van der Waals surface area contributed by atoms with Gasteiger partial charge in [-0.05, 0) is 87.3 Å². The summed E-state index contributed by atoms with van der Waals surface area (Å²) < 4.78 is 4.88. The SMILES string of the molecule is c1cc(-c2ccc3ccccc3c2)cc(-n2c3ccccc3c3cc4c5ccccc5n(-c5ccc6ccccc6c5)c4cc32)c1. The van der Waals surface area contributed by atoms with Crippen molar-refractivity contribution in [3.05, 3.63) is 170 Å². The zero-order valence-corrected chi connectivity index (χ0v) is 25.1. The summed E-state index contributed by atoms with van der Waals surface area (Å²) in [5, 5.41) is 10.1. The van der Waals surface area contributed by atoms with Crippen LogP contribution in [-0.2, 0) is 0 Å². The smallest absolute Gasteiger partial charge is 0.0562 e. The highest BCUT2D eigenvalue weighted by Crippen LogP contribution is 2.40. The summed E-state index contributed by atoms with van der Waals surface area (Å²) in [7, 11) is 0. The van der Waals surface area contributed by atoms with E-state index in [9.17, 15) is 0 Å². The predicted octanol–water partition coefficient (Wildman–Crippen LogP) is 11.9. The highest BCUT2D eigenvalue weighted by atomic mass is 15.0. The summed E-state index contributed by atoms with van der Waals surface area (Å²) in [6.07, 6.45) is 0. The van der Waals surface area contributed by atoms with Gasteiger partial charge in [0.2, 0.25) is 0 Å². The molecule has 0 bridgehead atoms. The molecule has 0 saturated heterocycles. The highest BCUT2D eigenvalue weighted by Gasteiger charge is 2.18. The normalized spacial score (nSPS) is 11.9. The molecule has 0 aliphatic rings. The Morgan fingerprint density at radius 2 is 0.783 bits per heavy atom. The van der Waals surface area contributed by atoms with Crippen molar-refractivity contribution in [2.45, 2.75) is 0 Å². The number of fused-ring (bicyclic) bond motifs is 8. The van der Waals surface area contributed by atoms with Crippen molar-refractivity contribution in [3.8, 4) is 22.5 Å². The highest BCUT2D eigenvalue weighted by molar-refractivity contribution is 6.19. The van der Waals surface area contributed by atoms with Gasteiger partial charge in [-0.25, -0.2) is 0 Å². The Morgan fingerprint density at radius 3 is 1.46 bits per heavy atom. The Kier molecular flexibility index (Phi) is 5.31. The van der Waals surface area contributed by atoms with E-state index in [1.54, 1.807) is 0 Å². The van der Waals surface area contributed by atoms with E-state index in [2.05, 4.69) is 179 Å². The van der Waals surface area contributed by atoms with Gasteiger partial charge in [-0.3, -0.25) is 0 Å². The molecule has 2 heteroatoms. The van der Waals surface area contributed by atoms with Gasteiger partial charge in [0.1, 0.15) is 0 Å². The van der Waals surface area contributed by atoms with E-state index in [0.717, 1.165) is 5.69 Å². The fourth-order valence-corrected chi connectivity index (χ4v) is 7.50. The van der Waals surface area contributed by atoms with Crippen molar-refractivity contribution in [1.82, 2.24) is 9.13 Å². The molecule has 0 unspecified atom stereocenters. The van der Waals surface area contributed by atoms with Crippen molar-refractivity contribution in [2.75, 3.05) is 0 Å². The number of nitrogens with zero attached hydrogens (tertiary/aromatic N) is 2. The Morgan fingerprint density at radius 1 is 0.261 bits per heavy atom. The Bertz CT molecular complexity index is 2810. The first kappa shape index (κ1) is 25.2. The number of hydrogen-bond donors (Lipinski definition) is 0. The molecule has 0 amide bonds. The zero-order valence-electron chi connectivity index (χ0n) is 25.1. The van der Waals surface area contributed by atoms with Crippen molar-refractivity contribution >= 4 is 65.2 Å². The quantitative estimate of drug-likeness (QED) is 0.195. The van der Waals surface area contributed by atoms with Crippen molar-refractivity contribution in [1.29, 1.82) is 0 Å². The van der Waals surface area contributed by atoms with E-state index in [0.29, 0.717) is 0 Å². The van der Waals surface area contributed by atoms with E-state index in [1.807, 2.05) is 0 Å². The Labute approximate surface area is 266 Å². The average molecular weight is 585 g/mol. The molecule has 8 aromatic carbocycles. The van der Waals surface area contributed by atoms with Crippen LogP contribution in [0.2, 0.25) is 0 Å². The van der Waals surface area contributed by atoms with Crippen LogP contribution in [0.5, 0.6) is 0 Å². The molecule has 214 valence electrons. The van der Waals surface area contributed by atoms with Crippen LogP contribution >= 0.6 is 0 Å². The van der Waals surface area contributed by atoms with Crippen molar-refractivity contribution in [3.63, 3.8) is 0 Å². The lowest BCUT2D eigenvalue weighted by Gasteiger charge is -2.12. The first-order valence-corrected chi connectivity index (χ1v) is 15.9. The fraction of sp³-hybridized carbons (Fsp3) is 0. The Hall–Kier alpha value is -6.12. The second-order valence-corrected chi connectivity index (χ2v) is 12.2. The van der Waals surface area contributed by atoms with Crippen LogP contribution in [0, 0.1) is 0 Å². The first-order valence-electron chi connectivity index (χ1n) is 15.9. The first-order chi connectivity index (χ1) is 22.8. The summed E-state index contributed by atoms with van der Waals surface area (Å²) in [5.41, 5.74) is 9.60. The molecule has 0 aliphatic carbocycles. The third-order valence-corrected chi connectivity index (χ3v) is 9.64. The number of para-hydroxylation sites is 2. The predicted molar refractivity (Wildman–Crippen MR) is 196 cm³/mol. The molecule has 0 radical (unpaired) electrons. The molecular formula is C44H28N2. The number of hydrogen-bond acceptors (Lipinski definition) is 0. The molecule has 0 spiro atoms. The van der Waals surface area contributed by atoms with Gasteiger partial charge in [0, 0.05) is 32.9 Å². The second kappa shape index (κ2) is 9.69. The molecule has 46 heavy (non-hydrogen) atoms. The van der Waals surface area contributed by atoms with Crippen LogP contribution in [0.3, 0.4) is 0 Å². The van der Waals surface area contributed by atoms with E-state index in [-0.39, 0.29) is 0 Å². The minimum absolute atomic E-state index is 1.16. The number of benzene rings is 8. The number of aromatic nitrogens is 2. The van der Waals surface area contributed by atoms with Crippen LogP contribution in [-0.4, -0.2) is 9.13 Å². The molecule has 0 atom stereocenters. The van der Waals surface area contributed by atoms with Crippen LogP contribution in [0.15, 0.2) is 170 Å². The minimum atomic E-state index is 1.16. The lowest BCUT2D eigenvalue weighted by molar-refractivity contribution is 1.17. The average Bonchev–Trinajstić information content (AvgIpc) is 3.62. The standard InChI is InChI=1S/C44H28N2/c1-3-12-31-24-34(21-20-29(31)10-1)33-14-9-15-35(26-33)45-41-18-7-5-16-37(41)39-27-40-38-17-6-8-19-42(38)46(44(40)28-43(39)45)36-23-22-30-11-2-4-13-32(30)25-36/h1-28H. The van der Waals surface area contributed by atoms with E-state index in [1.165, 1.54) is 82.0 Å². The van der Waals surface area contributed by atoms with E-state index in [4.69, 9.17) is 0 Å². The maximum atomic E-state index is 2.44. The molecule has 2 aromatic heterocycles. The third-order valence-electron chi connectivity index (χ3n) is 9.64. The molecule has 10 rings (SSSR count). The molecule has 0 aliphatic heterocycles. The summed E-state index contributed by atoms with van der Waals surface area (Å²) >= 11 is 0. The zero-order chi connectivity index (χ0) is 30.2. The van der Waals surface area contributed by atoms with Crippen LogP contribution in [0.25, 0.3) is 87.7 Å². The van der Waals surface area contributed by atoms with Crippen molar-refractivity contribution in [2.24, 2.45) is 0 Å². The molecule has 2 nitrogen and oxygen atoms in total. The second-order valence-electron chi connectivity index (χ2n) is 12.2. The van der Waals surface area contributed by atoms with Crippen LogP contribution < -0.4 is 0 Å².